The van der Waals surface area contributed by atoms with Crippen molar-refractivity contribution in [1.29, 1.82) is 0 Å². The van der Waals surface area contributed by atoms with E-state index in [0.29, 0.717) is 0 Å². The highest BCUT2D eigenvalue weighted by molar-refractivity contribution is 5.72. The third kappa shape index (κ3) is 3.58. The number of hydrogen-bond donors (Lipinski definition) is 3. The van der Waals surface area contributed by atoms with Crippen molar-refractivity contribution in [1.82, 2.24) is 5.32 Å². The van der Waals surface area contributed by atoms with Gasteiger partial charge in [0.2, 0.25) is 5.91 Å². The summed E-state index contributed by atoms with van der Waals surface area (Å²) in [6.45, 7) is 1.37. The Morgan fingerprint density at radius 3 is 2.62 bits per heavy atom. The zero-order chi connectivity index (χ0) is 6.57. The van der Waals surface area contributed by atoms with Crippen LogP contribution in [-0.2, 0) is 4.79 Å². The lowest BCUT2D eigenvalue weighted by Crippen LogP contribution is -2.38. The SMILES string of the molecule is CC(=O)NC(O)CN. The summed E-state index contributed by atoms with van der Waals surface area (Å²) >= 11 is 0. The lowest BCUT2D eigenvalue weighted by atomic mass is 10.5. The van der Waals surface area contributed by atoms with Crippen molar-refractivity contribution in [2.75, 3.05) is 6.54 Å². The molecule has 1 amide bonds. The molecule has 0 saturated heterocycles. The molecule has 0 radical (unpaired) electrons. The third-order valence-corrected chi connectivity index (χ3v) is 0.593. The Balaban J connectivity index is 3.24. The van der Waals surface area contributed by atoms with Gasteiger partial charge in [0.1, 0.15) is 6.23 Å². The summed E-state index contributed by atoms with van der Waals surface area (Å²) in [6, 6.07) is 0. The summed E-state index contributed by atoms with van der Waals surface area (Å²) in [6.07, 6.45) is -0.896. The molecule has 8 heavy (non-hydrogen) atoms. The van der Waals surface area contributed by atoms with Gasteiger partial charge in [-0.2, -0.15) is 0 Å². The van der Waals surface area contributed by atoms with E-state index in [-0.39, 0.29) is 12.5 Å². The predicted octanol–water partition coefficient (Wildman–Crippen LogP) is -1.60. The molecule has 0 aromatic rings. The number of aliphatic hydroxyl groups is 1. The standard InChI is InChI=1S/C4H10N2O2/c1-3(7)6-4(8)2-5/h4,8H,2,5H2,1H3,(H,6,7). The van der Waals surface area contributed by atoms with Crippen LogP contribution >= 0.6 is 0 Å². The van der Waals surface area contributed by atoms with E-state index in [9.17, 15) is 4.79 Å². The minimum Gasteiger partial charge on any atom is -0.372 e. The van der Waals surface area contributed by atoms with Gasteiger partial charge < -0.3 is 16.2 Å². The van der Waals surface area contributed by atoms with E-state index in [0.717, 1.165) is 0 Å². The molecule has 4 heteroatoms. The molecule has 0 bridgehead atoms. The van der Waals surface area contributed by atoms with Crippen LogP contribution in [0.3, 0.4) is 0 Å². The third-order valence-electron chi connectivity index (χ3n) is 0.593. The molecule has 0 rings (SSSR count). The molecule has 0 fully saturated rings. The Bertz CT molecular complexity index is 84.1. The number of aliphatic hydroxyl groups excluding tert-OH is 1. The molecule has 1 unspecified atom stereocenters. The first-order valence-corrected chi connectivity index (χ1v) is 2.32. The second-order valence-corrected chi connectivity index (χ2v) is 1.45. The van der Waals surface area contributed by atoms with Crippen molar-refractivity contribution in [2.45, 2.75) is 13.2 Å². The molecular weight excluding hydrogens is 108 g/mol. The van der Waals surface area contributed by atoms with E-state index in [1.54, 1.807) is 0 Å². The fourth-order valence-corrected chi connectivity index (χ4v) is 0.294. The van der Waals surface area contributed by atoms with Gasteiger partial charge in [0.15, 0.2) is 0 Å². The van der Waals surface area contributed by atoms with E-state index < -0.39 is 6.23 Å². The number of nitrogens with two attached hydrogens (primary N) is 1. The van der Waals surface area contributed by atoms with Gasteiger partial charge in [0.05, 0.1) is 0 Å². The second-order valence-electron chi connectivity index (χ2n) is 1.45. The minimum atomic E-state index is -0.896. The molecular formula is C4H10N2O2. The molecule has 0 heterocycles. The van der Waals surface area contributed by atoms with Crippen LogP contribution in [0.25, 0.3) is 0 Å². The zero-order valence-electron chi connectivity index (χ0n) is 4.72. The summed E-state index contributed by atoms with van der Waals surface area (Å²) < 4.78 is 0. The van der Waals surface area contributed by atoms with Crippen molar-refractivity contribution in [3.05, 3.63) is 0 Å². The van der Waals surface area contributed by atoms with E-state index in [2.05, 4.69) is 5.32 Å². The molecule has 0 aliphatic heterocycles. The van der Waals surface area contributed by atoms with E-state index in [4.69, 9.17) is 10.8 Å². The van der Waals surface area contributed by atoms with Gasteiger partial charge in [-0.25, -0.2) is 0 Å². The molecule has 48 valence electrons. The molecule has 0 aliphatic rings. The molecule has 1 atom stereocenters. The van der Waals surface area contributed by atoms with Gasteiger partial charge in [-0.05, 0) is 0 Å². The predicted molar refractivity (Wildman–Crippen MR) is 28.9 cm³/mol. The second kappa shape index (κ2) is 3.40. The molecule has 0 aromatic heterocycles. The highest BCUT2D eigenvalue weighted by Gasteiger charge is 1.98. The number of nitrogens with one attached hydrogen (secondary N) is 1. The van der Waals surface area contributed by atoms with Gasteiger partial charge in [-0.3, -0.25) is 4.79 Å². The van der Waals surface area contributed by atoms with Gasteiger partial charge in [0.25, 0.3) is 0 Å². The fourth-order valence-electron chi connectivity index (χ4n) is 0.294. The van der Waals surface area contributed by atoms with Crippen molar-refractivity contribution in [3.63, 3.8) is 0 Å². The maximum Gasteiger partial charge on any atom is 0.218 e. The van der Waals surface area contributed by atoms with Crippen molar-refractivity contribution in [3.8, 4) is 0 Å². The highest BCUT2D eigenvalue weighted by atomic mass is 16.3. The quantitative estimate of drug-likeness (QED) is 0.382. The van der Waals surface area contributed by atoms with Crippen LogP contribution in [0.1, 0.15) is 6.92 Å². The Morgan fingerprint density at radius 1 is 2.00 bits per heavy atom. The Kier molecular flexibility index (Phi) is 3.14. The van der Waals surface area contributed by atoms with Crippen molar-refractivity contribution in [2.24, 2.45) is 5.73 Å². The van der Waals surface area contributed by atoms with Gasteiger partial charge in [0, 0.05) is 13.5 Å². The average molecular weight is 118 g/mol. The topological polar surface area (TPSA) is 75.3 Å². The monoisotopic (exact) mass is 118 g/mol. The van der Waals surface area contributed by atoms with Crippen LogP contribution in [0.15, 0.2) is 0 Å². The van der Waals surface area contributed by atoms with Crippen LogP contribution in [0, 0.1) is 0 Å². The van der Waals surface area contributed by atoms with E-state index in [1.165, 1.54) is 6.92 Å². The lowest BCUT2D eigenvalue weighted by molar-refractivity contribution is -0.121. The minimum absolute atomic E-state index is 0.0551. The molecule has 0 saturated carbocycles. The van der Waals surface area contributed by atoms with Crippen LogP contribution in [0.5, 0.6) is 0 Å². The van der Waals surface area contributed by atoms with Crippen LogP contribution < -0.4 is 11.1 Å². The van der Waals surface area contributed by atoms with Crippen molar-refractivity contribution < 1.29 is 9.90 Å². The zero-order valence-corrected chi connectivity index (χ0v) is 4.72. The number of carbonyl (C=O) groups excluding carboxylic acids is 1. The maximum atomic E-state index is 10.1. The molecule has 4 N–H and O–H groups in total. The van der Waals surface area contributed by atoms with Crippen LogP contribution in [0.4, 0.5) is 0 Å². The summed E-state index contributed by atoms with van der Waals surface area (Å²) in [7, 11) is 0. The normalized spacial score (nSPS) is 12.9. The van der Waals surface area contributed by atoms with Crippen molar-refractivity contribution >= 4 is 5.91 Å². The maximum absolute atomic E-state index is 10.1. The molecule has 0 spiro atoms. The Morgan fingerprint density at radius 2 is 2.50 bits per heavy atom. The highest BCUT2D eigenvalue weighted by Crippen LogP contribution is 1.68. The number of rotatable bonds is 2. The smallest absolute Gasteiger partial charge is 0.218 e. The summed E-state index contributed by atoms with van der Waals surface area (Å²) in [5.74, 6) is -0.275. The first-order valence-electron chi connectivity index (χ1n) is 2.32. The first kappa shape index (κ1) is 7.39. The number of carbonyl (C=O) groups is 1. The Labute approximate surface area is 47.7 Å². The van der Waals surface area contributed by atoms with Gasteiger partial charge in [-0.1, -0.05) is 0 Å². The summed E-state index contributed by atoms with van der Waals surface area (Å²) in [5.41, 5.74) is 4.96. The summed E-state index contributed by atoms with van der Waals surface area (Å²) in [4.78, 5) is 10.1. The number of amides is 1. The van der Waals surface area contributed by atoms with E-state index in [1.807, 2.05) is 0 Å². The first-order chi connectivity index (χ1) is 3.66. The largest absolute Gasteiger partial charge is 0.372 e. The van der Waals surface area contributed by atoms with Gasteiger partial charge >= 0.3 is 0 Å². The van der Waals surface area contributed by atoms with E-state index >= 15 is 0 Å². The fraction of sp³-hybridized carbons (Fsp3) is 0.750. The average Bonchev–Trinajstić information content (AvgIpc) is 1.65. The molecule has 4 nitrogen and oxygen atoms in total. The van der Waals surface area contributed by atoms with Gasteiger partial charge in [-0.15, -0.1) is 0 Å². The molecule has 0 aliphatic carbocycles. The Hall–Kier alpha value is -0.610. The molecule has 0 aromatic carbocycles. The van der Waals surface area contributed by atoms with Crippen LogP contribution in [0.2, 0.25) is 0 Å². The summed E-state index contributed by atoms with van der Waals surface area (Å²) in [5, 5.41) is 10.8. The van der Waals surface area contributed by atoms with Crippen LogP contribution in [-0.4, -0.2) is 23.8 Å². The lowest BCUT2D eigenvalue weighted by Gasteiger charge is -2.05. The number of hydrogen-bond acceptors (Lipinski definition) is 3.